The molecule has 2 aromatic carbocycles. The van der Waals surface area contributed by atoms with Gasteiger partial charge in [-0.3, -0.25) is 4.79 Å². The molecule has 6 heteroatoms. The monoisotopic (exact) mass is 374 g/mol. The SMILES string of the molecule is CCCS(=O)(=O)N1CCC[C@H]1C(=O)N[C@H](C)c1cccc2ccccc12. The summed E-state index contributed by atoms with van der Waals surface area (Å²) < 4.78 is 26.2. The van der Waals surface area contributed by atoms with Gasteiger partial charge in [-0.05, 0) is 42.5 Å². The van der Waals surface area contributed by atoms with Crippen molar-refractivity contribution in [1.82, 2.24) is 9.62 Å². The van der Waals surface area contributed by atoms with Crippen molar-refractivity contribution in [2.75, 3.05) is 12.3 Å². The fourth-order valence-electron chi connectivity index (χ4n) is 3.73. The van der Waals surface area contributed by atoms with E-state index in [0.29, 0.717) is 19.4 Å². The first-order chi connectivity index (χ1) is 12.4. The number of hydrogen-bond acceptors (Lipinski definition) is 3. The van der Waals surface area contributed by atoms with Gasteiger partial charge in [0.2, 0.25) is 15.9 Å². The van der Waals surface area contributed by atoms with Gasteiger partial charge in [-0.15, -0.1) is 0 Å². The standard InChI is InChI=1S/C20H26N2O3S/c1-3-14-26(24,25)22-13-7-12-19(22)20(23)21-15(2)17-11-6-9-16-8-4-5-10-18(16)17/h4-6,8-11,15,19H,3,7,12-14H2,1-2H3,(H,21,23)/t15-,19+/m1/s1. The Hall–Kier alpha value is -1.92. The minimum atomic E-state index is -3.37. The van der Waals surface area contributed by atoms with E-state index in [1.807, 2.05) is 56.3 Å². The van der Waals surface area contributed by atoms with Gasteiger partial charge >= 0.3 is 0 Å². The fraction of sp³-hybridized carbons (Fsp3) is 0.450. The predicted octanol–water partition coefficient (Wildman–Crippen LogP) is 3.22. The van der Waals surface area contributed by atoms with Gasteiger partial charge in [0.05, 0.1) is 11.8 Å². The number of fused-ring (bicyclic) bond motifs is 1. The van der Waals surface area contributed by atoms with Crippen LogP contribution in [0.5, 0.6) is 0 Å². The Kier molecular flexibility index (Phi) is 5.63. The Morgan fingerprint density at radius 2 is 1.96 bits per heavy atom. The van der Waals surface area contributed by atoms with Crippen molar-refractivity contribution in [3.05, 3.63) is 48.0 Å². The summed E-state index contributed by atoms with van der Waals surface area (Å²) in [5, 5.41) is 5.26. The van der Waals surface area contributed by atoms with Crippen LogP contribution in [0.25, 0.3) is 10.8 Å². The predicted molar refractivity (Wildman–Crippen MR) is 104 cm³/mol. The summed E-state index contributed by atoms with van der Waals surface area (Å²) in [5.41, 5.74) is 1.04. The molecule has 0 saturated carbocycles. The van der Waals surface area contributed by atoms with Crippen LogP contribution in [-0.2, 0) is 14.8 Å². The molecule has 2 aromatic rings. The lowest BCUT2D eigenvalue weighted by Crippen LogP contribution is -2.47. The van der Waals surface area contributed by atoms with E-state index in [-0.39, 0.29) is 17.7 Å². The second-order valence-electron chi connectivity index (χ2n) is 6.88. The average molecular weight is 375 g/mol. The third kappa shape index (κ3) is 3.76. The molecule has 140 valence electrons. The van der Waals surface area contributed by atoms with Crippen LogP contribution >= 0.6 is 0 Å². The van der Waals surface area contributed by atoms with Crippen LogP contribution in [0, 0.1) is 0 Å². The molecule has 1 aliphatic heterocycles. The minimum absolute atomic E-state index is 0.0929. The van der Waals surface area contributed by atoms with E-state index in [1.54, 1.807) is 0 Å². The van der Waals surface area contributed by atoms with Crippen molar-refractivity contribution in [2.45, 2.75) is 45.2 Å². The number of sulfonamides is 1. The summed E-state index contributed by atoms with van der Waals surface area (Å²) >= 11 is 0. The maximum absolute atomic E-state index is 12.8. The second-order valence-corrected chi connectivity index (χ2v) is 8.92. The van der Waals surface area contributed by atoms with Gasteiger partial charge in [-0.1, -0.05) is 49.4 Å². The highest BCUT2D eigenvalue weighted by Crippen LogP contribution is 2.26. The molecule has 0 spiro atoms. The highest BCUT2D eigenvalue weighted by molar-refractivity contribution is 7.89. The second kappa shape index (κ2) is 7.76. The van der Waals surface area contributed by atoms with Crippen molar-refractivity contribution < 1.29 is 13.2 Å². The van der Waals surface area contributed by atoms with Gasteiger partial charge in [-0.2, -0.15) is 4.31 Å². The first kappa shape index (κ1) is 18.9. The van der Waals surface area contributed by atoms with Gasteiger partial charge in [0.1, 0.15) is 6.04 Å². The van der Waals surface area contributed by atoms with Crippen LogP contribution in [0.15, 0.2) is 42.5 Å². The number of nitrogens with one attached hydrogen (secondary N) is 1. The average Bonchev–Trinajstić information content (AvgIpc) is 3.12. The number of rotatable bonds is 6. The Labute approximate surface area is 155 Å². The van der Waals surface area contributed by atoms with Crippen LogP contribution < -0.4 is 5.32 Å². The normalized spacial score (nSPS) is 19.5. The molecular formula is C20H26N2O3S. The molecule has 0 bridgehead atoms. The van der Waals surface area contributed by atoms with Gasteiger partial charge in [0.15, 0.2) is 0 Å². The molecule has 3 rings (SSSR count). The number of hydrogen-bond donors (Lipinski definition) is 1. The maximum Gasteiger partial charge on any atom is 0.238 e. The van der Waals surface area contributed by atoms with Gasteiger partial charge in [0, 0.05) is 6.54 Å². The molecule has 1 heterocycles. The van der Waals surface area contributed by atoms with Crippen molar-refractivity contribution in [3.8, 4) is 0 Å². The van der Waals surface area contributed by atoms with Crippen LogP contribution in [0.4, 0.5) is 0 Å². The van der Waals surface area contributed by atoms with Gasteiger partial charge < -0.3 is 5.32 Å². The van der Waals surface area contributed by atoms with E-state index >= 15 is 0 Å². The highest BCUT2D eigenvalue weighted by atomic mass is 32.2. The lowest BCUT2D eigenvalue weighted by atomic mass is 9.99. The molecular weight excluding hydrogens is 348 g/mol. The maximum atomic E-state index is 12.8. The largest absolute Gasteiger partial charge is 0.348 e. The molecule has 1 amide bonds. The molecule has 0 unspecified atom stereocenters. The molecule has 1 aliphatic rings. The van der Waals surface area contributed by atoms with E-state index in [9.17, 15) is 13.2 Å². The number of carbonyl (C=O) groups is 1. The molecule has 0 aliphatic carbocycles. The summed E-state index contributed by atoms with van der Waals surface area (Å²) in [6.07, 6.45) is 1.86. The number of benzene rings is 2. The summed E-state index contributed by atoms with van der Waals surface area (Å²) in [5.74, 6) is -0.113. The van der Waals surface area contributed by atoms with Crippen LogP contribution in [-0.4, -0.2) is 37.0 Å². The molecule has 26 heavy (non-hydrogen) atoms. The van der Waals surface area contributed by atoms with Crippen molar-refractivity contribution in [1.29, 1.82) is 0 Å². The van der Waals surface area contributed by atoms with Gasteiger partial charge in [-0.25, -0.2) is 8.42 Å². The Bertz CT molecular complexity index is 890. The Morgan fingerprint density at radius 3 is 2.73 bits per heavy atom. The zero-order valence-corrected chi connectivity index (χ0v) is 16.1. The lowest BCUT2D eigenvalue weighted by Gasteiger charge is -2.25. The van der Waals surface area contributed by atoms with Crippen LogP contribution in [0.1, 0.15) is 44.7 Å². The molecule has 0 aromatic heterocycles. The Balaban J connectivity index is 1.78. The molecule has 1 fully saturated rings. The number of amides is 1. The van der Waals surface area contributed by atoms with Crippen molar-refractivity contribution >= 4 is 26.7 Å². The fourth-order valence-corrected chi connectivity index (χ4v) is 5.47. The molecule has 2 atom stereocenters. The smallest absolute Gasteiger partial charge is 0.238 e. The summed E-state index contributed by atoms with van der Waals surface area (Å²) in [6.45, 7) is 4.22. The van der Waals surface area contributed by atoms with Crippen molar-refractivity contribution in [3.63, 3.8) is 0 Å². The molecule has 1 saturated heterocycles. The third-order valence-electron chi connectivity index (χ3n) is 4.97. The summed E-state index contributed by atoms with van der Waals surface area (Å²) in [7, 11) is -3.37. The van der Waals surface area contributed by atoms with E-state index in [1.165, 1.54) is 4.31 Å². The number of nitrogens with zero attached hydrogens (tertiary/aromatic N) is 1. The number of carbonyl (C=O) groups excluding carboxylic acids is 1. The first-order valence-electron chi connectivity index (χ1n) is 9.21. The first-order valence-corrected chi connectivity index (χ1v) is 10.8. The molecule has 0 radical (unpaired) electrons. The van der Waals surface area contributed by atoms with Crippen molar-refractivity contribution in [2.24, 2.45) is 0 Å². The van der Waals surface area contributed by atoms with E-state index in [0.717, 1.165) is 22.8 Å². The van der Waals surface area contributed by atoms with Gasteiger partial charge in [0.25, 0.3) is 0 Å². The quantitative estimate of drug-likeness (QED) is 0.844. The topological polar surface area (TPSA) is 66.5 Å². The zero-order valence-electron chi connectivity index (χ0n) is 15.3. The molecule has 5 nitrogen and oxygen atoms in total. The highest BCUT2D eigenvalue weighted by Gasteiger charge is 2.38. The third-order valence-corrected chi connectivity index (χ3v) is 7.05. The summed E-state index contributed by atoms with van der Waals surface area (Å²) in [6, 6.07) is 13.3. The van der Waals surface area contributed by atoms with E-state index < -0.39 is 16.1 Å². The Morgan fingerprint density at radius 1 is 1.23 bits per heavy atom. The summed E-state index contributed by atoms with van der Waals surface area (Å²) in [4.78, 5) is 12.8. The van der Waals surface area contributed by atoms with Crippen LogP contribution in [0.3, 0.4) is 0 Å². The van der Waals surface area contributed by atoms with Crippen LogP contribution in [0.2, 0.25) is 0 Å². The lowest BCUT2D eigenvalue weighted by molar-refractivity contribution is -0.124. The molecule has 1 N–H and O–H groups in total. The van der Waals surface area contributed by atoms with E-state index in [2.05, 4.69) is 5.32 Å². The van der Waals surface area contributed by atoms with E-state index in [4.69, 9.17) is 0 Å². The minimum Gasteiger partial charge on any atom is -0.348 e. The zero-order chi connectivity index (χ0) is 18.7.